The number of carbonyl (C=O) groups excluding carboxylic acids is 1. The van der Waals surface area contributed by atoms with E-state index in [1.54, 1.807) is 16.0 Å². The summed E-state index contributed by atoms with van der Waals surface area (Å²) in [6.07, 6.45) is 5.69. The molecule has 1 N–H and O–H groups in total. The lowest BCUT2D eigenvalue weighted by Gasteiger charge is -2.55. The maximum absolute atomic E-state index is 13.0. The topological polar surface area (TPSA) is 76.0 Å². The fraction of sp³-hybridized carbons (Fsp3) is 0.688. The number of aromatic nitrogens is 2. The van der Waals surface area contributed by atoms with Gasteiger partial charge in [-0.25, -0.2) is 0 Å². The number of amides is 1. The predicted molar refractivity (Wildman–Crippen MR) is 84.9 cm³/mol. The molecular formula is C16H25N5O. The van der Waals surface area contributed by atoms with Crippen LogP contribution in [0.1, 0.15) is 40.5 Å². The number of rotatable bonds is 1. The van der Waals surface area contributed by atoms with Gasteiger partial charge in [-0.2, -0.15) is 10.4 Å². The fourth-order valence-electron chi connectivity index (χ4n) is 3.51. The molecule has 2 fully saturated rings. The number of aromatic amines is 1. The molecule has 120 valence electrons. The minimum Gasteiger partial charge on any atom is -0.310 e. The van der Waals surface area contributed by atoms with Gasteiger partial charge in [0.05, 0.1) is 11.6 Å². The molecule has 2 aliphatic rings. The van der Waals surface area contributed by atoms with E-state index >= 15 is 0 Å². The third kappa shape index (κ3) is 2.35. The highest BCUT2D eigenvalue weighted by molar-refractivity contribution is 5.98. The summed E-state index contributed by atoms with van der Waals surface area (Å²) in [4.78, 5) is 16.5. The molecule has 3 heterocycles. The molecule has 0 aromatic carbocycles. The molecule has 1 aromatic heterocycles. The largest absolute Gasteiger partial charge is 0.310 e. The van der Waals surface area contributed by atoms with Crippen molar-refractivity contribution in [2.45, 2.75) is 40.5 Å². The van der Waals surface area contributed by atoms with Crippen molar-refractivity contribution in [3.8, 4) is 6.19 Å². The average Bonchev–Trinajstić information content (AvgIpc) is 3.05. The van der Waals surface area contributed by atoms with Gasteiger partial charge in [-0.15, -0.1) is 0 Å². The van der Waals surface area contributed by atoms with Gasteiger partial charge in [-0.3, -0.25) is 14.8 Å². The first-order valence-electron chi connectivity index (χ1n) is 7.96. The van der Waals surface area contributed by atoms with E-state index in [1.807, 2.05) is 26.8 Å². The van der Waals surface area contributed by atoms with Crippen molar-refractivity contribution in [3.05, 3.63) is 12.3 Å². The SMILES string of the molecule is CC.CC12CCN(C#N)CC1(C)C(=O)N(c1ccn[nH]1)CC2. The highest BCUT2D eigenvalue weighted by atomic mass is 16.2. The summed E-state index contributed by atoms with van der Waals surface area (Å²) in [6.45, 7) is 10.1. The van der Waals surface area contributed by atoms with Gasteiger partial charge < -0.3 is 4.90 Å². The van der Waals surface area contributed by atoms with Crippen LogP contribution in [-0.4, -0.2) is 40.6 Å². The van der Waals surface area contributed by atoms with Gasteiger partial charge in [-0.1, -0.05) is 20.8 Å². The second-order valence-electron chi connectivity index (χ2n) is 6.31. The maximum atomic E-state index is 13.0. The molecule has 3 rings (SSSR count). The van der Waals surface area contributed by atoms with Gasteiger partial charge in [0.1, 0.15) is 5.82 Å². The Morgan fingerprint density at radius 3 is 2.59 bits per heavy atom. The van der Waals surface area contributed by atoms with Crippen LogP contribution in [0.25, 0.3) is 0 Å². The van der Waals surface area contributed by atoms with Crippen LogP contribution >= 0.6 is 0 Å². The molecule has 0 aliphatic carbocycles. The third-order valence-corrected chi connectivity index (χ3v) is 5.30. The Kier molecular flexibility index (Phi) is 4.45. The van der Waals surface area contributed by atoms with E-state index in [0.717, 1.165) is 25.2 Å². The van der Waals surface area contributed by atoms with Crippen LogP contribution in [0.5, 0.6) is 0 Å². The van der Waals surface area contributed by atoms with E-state index in [0.29, 0.717) is 13.1 Å². The Hall–Kier alpha value is -2.03. The summed E-state index contributed by atoms with van der Waals surface area (Å²) in [5, 5.41) is 15.9. The number of hydrogen-bond donors (Lipinski definition) is 1. The molecule has 0 radical (unpaired) electrons. The van der Waals surface area contributed by atoms with E-state index in [2.05, 4.69) is 23.3 Å². The van der Waals surface area contributed by atoms with Gasteiger partial charge >= 0.3 is 0 Å². The number of fused-ring (bicyclic) bond motifs is 1. The molecule has 1 amide bonds. The van der Waals surface area contributed by atoms with Crippen LogP contribution in [0.3, 0.4) is 0 Å². The van der Waals surface area contributed by atoms with Crippen LogP contribution in [0.15, 0.2) is 12.3 Å². The Balaban J connectivity index is 0.000000847. The molecule has 2 saturated heterocycles. The molecule has 2 aliphatic heterocycles. The summed E-state index contributed by atoms with van der Waals surface area (Å²) in [7, 11) is 0. The summed E-state index contributed by atoms with van der Waals surface area (Å²) in [5.74, 6) is 0.836. The van der Waals surface area contributed by atoms with Crippen LogP contribution in [0.2, 0.25) is 0 Å². The lowest BCUT2D eigenvalue weighted by atomic mass is 9.57. The summed E-state index contributed by atoms with van der Waals surface area (Å²) in [6, 6.07) is 1.81. The van der Waals surface area contributed by atoms with Gasteiger partial charge in [0.2, 0.25) is 5.91 Å². The smallest absolute Gasteiger partial charge is 0.236 e. The number of H-pyrrole nitrogens is 1. The molecule has 0 saturated carbocycles. The first-order chi connectivity index (χ1) is 10.5. The number of nitrogens with zero attached hydrogens (tertiary/aromatic N) is 4. The Labute approximate surface area is 132 Å². The minimum absolute atomic E-state index is 0.0338. The molecule has 6 nitrogen and oxygen atoms in total. The first-order valence-corrected chi connectivity index (χ1v) is 7.96. The number of carbonyl (C=O) groups is 1. The molecule has 6 heteroatoms. The molecule has 22 heavy (non-hydrogen) atoms. The molecule has 0 spiro atoms. The highest BCUT2D eigenvalue weighted by Crippen LogP contribution is 2.52. The molecule has 1 aromatic rings. The standard InChI is InChI=1S/C14H19N5O.C2H6/c1-13-4-7-18(10-15)9-14(13,2)12(20)19(8-5-13)11-3-6-16-17-11;1-2/h3,6H,4-5,7-9H2,1-2H3,(H,16,17);1-2H3. The average molecular weight is 303 g/mol. The van der Waals surface area contributed by atoms with Crippen LogP contribution in [0.4, 0.5) is 5.82 Å². The zero-order valence-corrected chi connectivity index (χ0v) is 13.9. The quantitative estimate of drug-likeness (QED) is 0.808. The highest BCUT2D eigenvalue weighted by Gasteiger charge is 2.57. The number of hydrogen-bond acceptors (Lipinski definition) is 4. The molecule has 2 atom stereocenters. The van der Waals surface area contributed by atoms with E-state index in [-0.39, 0.29) is 11.3 Å². The fourth-order valence-corrected chi connectivity index (χ4v) is 3.51. The van der Waals surface area contributed by atoms with Crippen LogP contribution in [-0.2, 0) is 4.79 Å². The van der Waals surface area contributed by atoms with Crippen molar-refractivity contribution in [1.82, 2.24) is 15.1 Å². The number of piperidine rings is 2. The summed E-state index contributed by atoms with van der Waals surface area (Å²) < 4.78 is 0. The number of likely N-dealkylation sites (tertiary alicyclic amines) is 1. The van der Waals surface area contributed by atoms with Crippen LogP contribution in [0, 0.1) is 22.3 Å². The zero-order valence-electron chi connectivity index (χ0n) is 13.9. The van der Waals surface area contributed by atoms with E-state index < -0.39 is 5.41 Å². The lowest BCUT2D eigenvalue weighted by molar-refractivity contribution is -0.144. The Bertz CT molecular complexity index is 564. The van der Waals surface area contributed by atoms with Gasteiger partial charge in [0.25, 0.3) is 0 Å². The summed E-state index contributed by atoms with van der Waals surface area (Å²) >= 11 is 0. The lowest BCUT2D eigenvalue weighted by Crippen LogP contribution is -2.64. The number of nitriles is 1. The van der Waals surface area contributed by atoms with Crippen molar-refractivity contribution in [3.63, 3.8) is 0 Å². The van der Waals surface area contributed by atoms with Crippen molar-refractivity contribution in [1.29, 1.82) is 5.26 Å². The predicted octanol–water partition coefficient (Wildman–Crippen LogP) is 2.37. The monoisotopic (exact) mass is 303 g/mol. The zero-order chi connectivity index (χ0) is 16.4. The molecule has 2 unspecified atom stereocenters. The summed E-state index contributed by atoms with van der Waals surface area (Å²) in [5.41, 5.74) is -0.557. The van der Waals surface area contributed by atoms with Gasteiger partial charge in [0, 0.05) is 25.7 Å². The number of anilines is 1. The Morgan fingerprint density at radius 2 is 2.00 bits per heavy atom. The number of nitrogens with one attached hydrogen (secondary N) is 1. The molecule has 0 bridgehead atoms. The van der Waals surface area contributed by atoms with Crippen molar-refractivity contribution < 1.29 is 4.79 Å². The van der Waals surface area contributed by atoms with Gasteiger partial charge in [-0.05, 0) is 25.2 Å². The van der Waals surface area contributed by atoms with E-state index in [1.165, 1.54) is 0 Å². The van der Waals surface area contributed by atoms with Crippen LogP contribution < -0.4 is 4.90 Å². The maximum Gasteiger partial charge on any atom is 0.236 e. The molecular weight excluding hydrogens is 278 g/mol. The second kappa shape index (κ2) is 5.99. The van der Waals surface area contributed by atoms with E-state index in [4.69, 9.17) is 5.26 Å². The van der Waals surface area contributed by atoms with Gasteiger partial charge in [0.15, 0.2) is 6.19 Å². The Morgan fingerprint density at radius 1 is 1.32 bits per heavy atom. The van der Waals surface area contributed by atoms with E-state index in [9.17, 15) is 4.79 Å². The minimum atomic E-state index is -0.523. The van der Waals surface area contributed by atoms with Crippen molar-refractivity contribution in [2.24, 2.45) is 10.8 Å². The third-order valence-electron chi connectivity index (χ3n) is 5.30. The van der Waals surface area contributed by atoms with Crippen molar-refractivity contribution >= 4 is 11.7 Å². The second-order valence-corrected chi connectivity index (χ2v) is 6.31. The normalized spacial score (nSPS) is 31.0. The first kappa shape index (κ1) is 16.3. The van der Waals surface area contributed by atoms with Crippen molar-refractivity contribution in [2.75, 3.05) is 24.5 Å².